The summed E-state index contributed by atoms with van der Waals surface area (Å²) in [5.41, 5.74) is 1.06. The van der Waals surface area contributed by atoms with E-state index in [9.17, 15) is 4.79 Å². The molecule has 0 amide bonds. The first-order chi connectivity index (χ1) is 8.06. The Kier molecular flexibility index (Phi) is 5.73. The van der Waals surface area contributed by atoms with Gasteiger partial charge in [-0.05, 0) is 30.7 Å². The Labute approximate surface area is 122 Å². The Morgan fingerprint density at radius 1 is 1.39 bits per heavy atom. The number of carbonyl (C=O) groups is 1. The van der Waals surface area contributed by atoms with Crippen LogP contribution < -0.4 is 0 Å². The highest BCUT2D eigenvalue weighted by molar-refractivity contribution is 6.42. The molecule has 2 rings (SSSR count). The van der Waals surface area contributed by atoms with E-state index in [1.807, 2.05) is 12.1 Å². The van der Waals surface area contributed by atoms with Crippen LogP contribution in [0.5, 0.6) is 0 Å². The molecule has 1 saturated heterocycles. The molecular weight excluding hydrogens is 296 g/mol. The molecule has 1 unspecified atom stereocenters. The van der Waals surface area contributed by atoms with Crippen molar-refractivity contribution in [2.45, 2.75) is 13.0 Å². The van der Waals surface area contributed by atoms with Crippen molar-refractivity contribution in [3.8, 4) is 0 Å². The third-order valence-electron chi connectivity index (χ3n) is 3.01. The van der Waals surface area contributed by atoms with Crippen LogP contribution in [0.25, 0.3) is 0 Å². The van der Waals surface area contributed by atoms with Gasteiger partial charge in [0.05, 0.1) is 16.0 Å². The number of rotatable bonds is 3. The van der Waals surface area contributed by atoms with Gasteiger partial charge in [0, 0.05) is 13.1 Å². The molecule has 1 heterocycles. The molecular formula is C12H14Cl3NO2. The summed E-state index contributed by atoms with van der Waals surface area (Å²) in [4.78, 5) is 13.0. The number of carboxylic acid groups (broad SMARTS) is 1. The number of hydrogen-bond donors (Lipinski definition) is 1. The normalized spacial score (nSPS) is 19.6. The van der Waals surface area contributed by atoms with Gasteiger partial charge in [0.15, 0.2) is 0 Å². The van der Waals surface area contributed by atoms with Crippen LogP contribution in [0, 0.1) is 5.92 Å². The minimum atomic E-state index is -0.707. The molecule has 1 aliphatic heterocycles. The maximum absolute atomic E-state index is 10.8. The average molecular weight is 311 g/mol. The van der Waals surface area contributed by atoms with E-state index in [4.69, 9.17) is 28.3 Å². The molecule has 1 aliphatic rings. The van der Waals surface area contributed by atoms with Gasteiger partial charge in [0.1, 0.15) is 0 Å². The number of likely N-dealkylation sites (tertiary alicyclic amines) is 1. The van der Waals surface area contributed by atoms with Crippen LogP contribution in [0.15, 0.2) is 18.2 Å². The Hall–Kier alpha value is -0.480. The van der Waals surface area contributed by atoms with Crippen LogP contribution in [0.4, 0.5) is 0 Å². The molecule has 6 heteroatoms. The van der Waals surface area contributed by atoms with Gasteiger partial charge in [0.25, 0.3) is 0 Å². The van der Waals surface area contributed by atoms with Crippen molar-refractivity contribution in [3.63, 3.8) is 0 Å². The van der Waals surface area contributed by atoms with Gasteiger partial charge in [-0.25, -0.2) is 0 Å². The fourth-order valence-corrected chi connectivity index (χ4v) is 2.39. The zero-order valence-electron chi connectivity index (χ0n) is 9.60. The lowest BCUT2D eigenvalue weighted by Gasteiger charge is -2.15. The van der Waals surface area contributed by atoms with E-state index in [1.165, 1.54) is 0 Å². The van der Waals surface area contributed by atoms with E-state index in [-0.39, 0.29) is 18.3 Å². The van der Waals surface area contributed by atoms with Crippen LogP contribution in [-0.4, -0.2) is 29.1 Å². The molecule has 0 bridgehead atoms. The summed E-state index contributed by atoms with van der Waals surface area (Å²) < 4.78 is 0. The zero-order chi connectivity index (χ0) is 12.4. The number of halogens is 3. The minimum Gasteiger partial charge on any atom is -0.481 e. The Morgan fingerprint density at radius 3 is 2.67 bits per heavy atom. The van der Waals surface area contributed by atoms with Crippen molar-refractivity contribution >= 4 is 41.6 Å². The molecule has 0 aromatic heterocycles. The lowest BCUT2D eigenvalue weighted by Crippen LogP contribution is -2.22. The van der Waals surface area contributed by atoms with E-state index >= 15 is 0 Å². The lowest BCUT2D eigenvalue weighted by atomic mass is 10.1. The van der Waals surface area contributed by atoms with Gasteiger partial charge in [-0.2, -0.15) is 0 Å². The minimum absolute atomic E-state index is 0. The standard InChI is InChI=1S/C12H13Cl2NO2.ClH/c13-10-2-1-8(5-11(10)14)6-15-4-3-9(7-15)12(16)17;/h1-2,5,9H,3-4,6-7H2,(H,16,17);1H. The summed E-state index contributed by atoms with van der Waals surface area (Å²) >= 11 is 11.8. The molecule has 1 N–H and O–H groups in total. The molecule has 100 valence electrons. The first-order valence-corrected chi connectivity index (χ1v) is 6.21. The first-order valence-electron chi connectivity index (χ1n) is 5.45. The first kappa shape index (κ1) is 15.6. The molecule has 1 aromatic rings. The summed E-state index contributed by atoms with van der Waals surface area (Å²) in [6, 6.07) is 5.52. The summed E-state index contributed by atoms with van der Waals surface area (Å²) in [7, 11) is 0. The predicted molar refractivity (Wildman–Crippen MR) is 74.7 cm³/mol. The average Bonchev–Trinajstić information content (AvgIpc) is 2.72. The lowest BCUT2D eigenvalue weighted by molar-refractivity contribution is -0.141. The van der Waals surface area contributed by atoms with Crippen molar-refractivity contribution in [2.75, 3.05) is 13.1 Å². The van der Waals surface area contributed by atoms with E-state index in [1.54, 1.807) is 6.07 Å². The molecule has 1 atom stereocenters. The molecule has 0 radical (unpaired) electrons. The van der Waals surface area contributed by atoms with Crippen molar-refractivity contribution in [1.82, 2.24) is 4.90 Å². The Morgan fingerprint density at radius 2 is 2.11 bits per heavy atom. The van der Waals surface area contributed by atoms with Crippen LogP contribution in [-0.2, 0) is 11.3 Å². The highest BCUT2D eigenvalue weighted by atomic mass is 35.5. The molecule has 0 saturated carbocycles. The third-order valence-corrected chi connectivity index (χ3v) is 3.75. The second kappa shape index (κ2) is 6.62. The van der Waals surface area contributed by atoms with Crippen molar-refractivity contribution in [2.24, 2.45) is 5.92 Å². The smallest absolute Gasteiger partial charge is 0.307 e. The molecule has 1 aromatic carbocycles. The van der Waals surface area contributed by atoms with Crippen LogP contribution in [0.1, 0.15) is 12.0 Å². The number of aliphatic carboxylic acids is 1. The van der Waals surface area contributed by atoms with Gasteiger partial charge in [-0.15, -0.1) is 12.4 Å². The summed E-state index contributed by atoms with van der Waals surface area (Å²) in [6.07, 6.45) is 0.719. The van der Waals surface area contributed by atoms with Gasteiger partial charge < -0.3 is 5.11 Å². The largest absolute Gasteiger partial charge is 0.481 e. The predicted octanol–water partition coefficient (Wildman–Crippen LogP) is 3.32. The fraction of sp³-hybridized carbons (Fsp3) is 0.417. The van der Waals surface area contributed by atoms with Gasteiger partial charge in [0.2, 0.25) is 0 Å². The molecule has 1 fully saturated rings. The fourth-order valence-electron chi connectivity index (χ4n) is 2.07. The van der Waals surface area contributed by atoms with E-state index in [0.29, 0.717) is 16.6 Å². The zero-order valence-corrected chi connectivity index (χ0v) is 11.9. The van der Waals surface area contributed by atoms with Gasteiger partial charge >= 0.3 is 5.97 Å². The molecule has 18 heavy (non-hydrogen) atoms. The third kappa shape index (κ3) is 3.75. The monoisotopic (exact) mass is 309 g/mol. The summed E-state index contributed by atoms with van der Waals surface area (Å²) in [5, 5.41) is 9.99. The molecule has 0 spiro atoms. The highest BCUT2D eigenvalue weighted by Gasteiger charge is 2.27. The quantitative estimate of drug-likeness (QED) is 0.931. The maximum atomic E-state index is 10.8. The maximum Gasteiger partial charge on any atom is 0.307 e. The highest BCUT2D eigenvalue weighted by Crippen LogP contribution is 2.25. The number of benzene rings is 1. The van der Waals surface area contributed by atoms with Crippen molar-refractivity contribution in [1.29, 1.82) is 0 Å². The summed E-state index contributed by atoms with van der Waals surface area (Å²) in [5.74, 6) is -0.945. The van der Waals surface area contributed by atoms with Crippen LogP contribution >= 0.6 is 35.6 Å². The van der Waals surface area contributed by atoms with Gasteiger partial charge in [-0.1, -0.05) is 29.3 Å². The number of nitrogens with zero attached hydrogens (tertiary/aromatic N) is 1. The van der Waals surface area contributed by atoms with Gasteiger partial charge in [-0.3, -0.25) is 9.69 Å². The summed E-state index contributed by atoms with van der Waals surface area (Å²) in [6.45, 7) is 2.15. The van der Waals surface area contributed by atoms with Crippen molar-refractivity contribution in [3.05, 3.63) is 33.8 Å². The molecule has 3 nitrogen and oxygen atoms in total. The Bertz CT molecular complexity index is 439. The van der Waals surface area contributed by atoms with Crippen LogP contribution in [0.2, 0.25) is 10.0 Å². The van der Waals surface area contributed by atoms with E-state index < -0.39 is 5.97 Å². The Balaban J connectivity index is 0.00000162. The second-order valence-electron chi connectivity index (χ2n) is 4.31. The SMILES string of the molecule is Cl.O=C(O)C1CCN(Cc2ccc(Cl)c(Cl)c2)C1. The van der Waals surface area contributed by atoms with Crippen molar-refractivity contribution < 1.29 is 9.90 Å². The second-order valence-corrected chi connectivity index (χ2v) is 5.12. The number of carboxylic acids is 1. The van der Waals surface area contributed by atoms with E-state index in [2.05, 4.69) is 4.90 Å². The topological polar surface area (TPSA) is 40.5 Å². The molecule has 0 aliphatic carbocycles. The number of hydrogen-bond acceptors (Lipinski definition) is 2. The van der Waals surface area contributed by atoms with E-state index in [0.717, 1.165) is 25.1 Å². The van der Waals surface area contributed by atoms with Crippen LogP contribution in [0.3, 0.4) is 0 Å².